The van der Waals surface area contributed by atoms with E-state index in [4.69, 9.17) is 33.5 Å². The van der Waals surface area contributed by atoms with Gasteiger partial charge in [-0.25, -0.2) is 4.79 Å². The zero-order chi connectivity index (χ0) is 30.6. The first-order valence-corrected chi connectivity index (χ1v) is 12.5. The predicted molar refractivity (Wildman–Crippen MR) is 122 cm³/mol. The molecule has 0 aliphatic carbocycles. The Balaban J connectivity index is 1.80. The maximum absolute atomic E-state index is 12.0. The number of aliphatic carboxylic acids is 3. The number of rotatable bonds is 15. The molecule has 41 heavy (non-hydrogen) atoms. The van der Waals surface area contributed by atoms with E-state index in [1.54, 1.807) is 0 Å². The van der Waals surface area contributed by atoms with Gasteiger partial charge in [-0.1, -0.05) is 0 Å². The van der Waals surface area contributed by atoms with Crippen LogP contribution in [0, 0.1) is 0 Å². The summed E-state index contributed by atoms with van der Waals surface area (Å²) in [7, 11) is 0. The fourth-order valence-corrected chi connectivity index (χ4v) is 4.71. The Morgan fingerprint density at radius 1 is 0.634 bits per heavy atom. The minimum atomic E-state index is -2.67. The molecule has 19 heteroatoms. The van der Waals surface area contributed by atoms with Crippen LogP contribution >= 0.6 is 0 Å². The molecule has 0 unspecified atom stereocenters. The third-order valence-electron chi connectivity index (χ3n) is 6.94. The minimum absolute atomic E-state index is 0.682. The van der Waals surface area contributed by atoms with Crippen molar-refractivity contribution in [2.45, 2.75) is 98.7 Å². The monoisotopic (exact) mass is 602 g/mol. The first-order valence-electron chi connectivity index (χ1n) is 12.5. The molecule has 3 fully saturated rings. The topological polar surface area (TPSA) is 309 Å². The standard InChI is InChI=1S/C22H34O19/c23-4-7-12(30)14(32)18(36-7)40-17-13(31)8(5-24)37-20(17)39-16-9(6-25)38-19(15(16)33)41-22(21(34)35,3-11(28)29)2-1-10(26)27/h7-9,12-20,23-25,30-33H,1-6H2,(H,26,27)(H,28,29)(H,34,35)/t7-,8-,9-,12-,13-,14-,15-,16-,17-,18-,19-,20-,22+/m1/s1. The molecule has 0 radical (unpaired) electrons. The van der Waals surface area contributed by atoms with Gasteiger partial charge in [-0.3, -0.25) is 9.59 Å². The third kappa shape index (κ3) is 7.28. The van der Waals surface area contributed by atoms with Crippen LogP contribution in [0.15, 0.2) is 0 Å². The maximum atomic E-state index is 12.0. The average Bonchev–Trinajstić information content (AvgIpc) is 3.48. The number of ether oxygens (including phenoxy) is 6. The Morgan fingerprint density at radius 2 is 1.17 bits per heavy atom. The molecule has 13 atom stereocenters. The predicted octanol–water partition coefficient (Wildman–Crippen LogP) is -5.47. The van der Waals surface area contributed by atoms with Gasteiger partial charge in [0.05, 0.1) is 26.2 Å². The highest BCUT2D eigenvalue weighted by molar-refractivity contribution is 5.84. The van der Waals surface area contributed by atoms with Crippen molar-refractivity contribution in [1.29, 1.82) is 0 Å². The number of hydrogen-bond donors (Lipinski definition) is 10. The van der Waals surface area contributed by atoms with E-state index < -0.39 is 136 Å². The van der Waals surface area contributed by atoms with Gasteiger partial charge in [0, 0.05) is 6.42 Å². The fourth-order valence-electron chi connectivity index (χ4n) is 4.71. The van der Waals surface area contributed by atoms with Crippen molar-refractivity contribution >= 4 is 17.9 Å². The fraction of sp³-hybridized carbons (Fsp3) is 0.864. The second-order valence-corrected chi connectivity index (χ2v) is 9.72. The first kappa shape index (κ1) is 33.4. The molecule has 0 aromatic heterocycles. The second kappa shape index (κ2) is 13.9. The second-order valence-electron chi connectivity index (χ2n) is 9.72. The lowest BCUT2D eigenvalue weighted by Gasteiger charge is -2.32. The summed E-state index contributed by atoms with van der Waals surface area (Å²) in [6.07, 6.45) is -22.1. The zero-order valence-electron chi connectivity index (χ0n) is 21.3. The van der Waals surface area contributed by atoms with Crippen LogP contribution in [-0.2, 0) is 42.8 Å². The summed E-state index contributed by atoms with van der Waals surface area (Å²) in [4.78, 5) is 34.5. The largest absolute Gasteiger partial charge is 0.481 e. The van der Waals surface area contributed by atoms with Gasteiger partial charge in [0.25, 0.3) is 0 Å². The van der Waals surface area contributed by atoms with Gasteiger partial charge in [0.1, 0.15) is 54.9 Å². The van der Waals surface area contributed by atoms with Gasteiger partial charge >= 0.3 is 17.9 Å². The van der Waals surface area contributed by atoms with Gasteiger partial charge in [0.2, 0.25) is 0 Å². The summed E-state index contributed by atoms with van der Waals surface area (Å²) in [6, 6.07) is 0. The summed E-state index contributed by atoms with van der Waals surface area (Å²) >= 11 is 0. The molecule has 0 bridgehead atoms. The van der Waals surface area contributed by atoms with Crippen LogP contribution in [0.4, 0.5) is 0 Å². The highest BCUT2D eigenvalue weighted by atomic mass is 16.8. The third-order valence-corrected chi connectivity index (χ3v) is 6.94. The van der Waals surface area contributed by atoms with E-state index in [0.29, 0.717) is 0 Å². The minimum Gasteiger partial charge on any atom is -0.481 e. The molecule has 3 heterocycles. The molecule has 3 aliphatic rings. The van der Waals surface area contributed by atoms with Crippen molar-refractivity contribution in [2.75, 3.05) is 19.8 Å². The van der Waals surface area contributed by atoms with Crippen molar-refractivity contribution in [3.8, 4) is 0 Å². The molecule has 236 valence electrons. The van der Waals surface area contributed by atoms with E-state index in [0.717, 1.165) is 0 Å². The lowest BCUT2D eigenvalue weighted by molar-refractivity contribution is -0.264. The summed E-state index contributed by atoms with van der Waals surface area (Å²) < 4.78 is 32.6. The van der Waals surface area contributed by atoms with E-state index in [2.05, 4.69) is 0 Å². The highest BCUT2D eigenvalue weighted by Crippen LogP contribution is 2.36. The van der Waals surface area contributed by atoms with E-state index in [1.807, 2.05) is 0 Å². The summed E-state index contributed by atoms with van der Waals surface area (Å²) in [5.74, 6) is -4.98. The summed E-state index contributed by atoms with van der Waals surface area (Å²) in [6.45, 7) is -2.30. The Bertz CT molecular complexity index is 917. The Kier molecular flexibility index (Phi) is 11.3. The van der Waals surface area contributed by atoms with Crippen molar-refractivity contribution in [2.24, 2.45) is 0 Å². The van der Waals surface area contributed by atoms with Crippen LogP contribution in [0.25, 0.3) is 0 Å². The quantitative estimate of drug-likeness (QED) is 0.0835. The Labute approximate surface area is 230 Å². The highest BCUT2D eigenvalue weighted by Gasteiger charge is 2.56. The summed E-state index contributed by atoms with van der Waals surface area (Å²) in [5, 5.41) is 98.3. The number of aliphatic hydroxyl groups is 7. The van der Waals surface area contributed by atoms with Gasteiger partial charge in [0.15, 0.2) is 24.5 Å². The van der Waals surface area contributed by atoms with Crippen LogP contribution in [0.2, 0.25) is 0 Å². The molecule has 0 amide bonds. The van der Waals surface area contributed by atoms with E-state index in [-0.39, 0.29) is 0 Å². The van der Waals surface area contributed by atoms with Crippen molar-refractivity contribution in [3.05, 3.63) is 0 Å². The van der Waals surface area contributed by atoms with Crippen LogP contribution in [0.3, 0.4) is 0 Å². The van der Waals surface area contributed by atoms with Gasteiger partial charge < -0.3 is 79.5 Å². The van der Waals surface area contributed by atoms with Crippen LogP contribution in [0.1, 0.15) is 19.3 Å². The normalized spacial score (nSPS) is 40.5. The number of carbonyl (C=O) groups is 3. The number of aliphatic hydroxyl groups excluding tert-OH is 7. The molecule has 10 N–H and O–H groups in total. The van der Waals surface area contributed by atoms with Crippen molar-refractivity contribution in [3.63, 3.8) is 0 Å². The molecular formula is C22H34O19. The molecule has 19 nitrogen and oxygen atoms in total. The molecule has 0 saturated carbocycles. The smallest absolute Gasteiger partial charge is 0.336 e. The van der Waals surface area contributed by atoms with Gasteiger partial charge in [-0.15, -0.1) is 0 Å². The van der Waals surface area contributed by atoms with Gasteiger partial charge in [-0.05, 0) is 6.42 Å². The number of carboxylic acid groups (broad SMARTS) is 3. The van der Waals surface area contributed by atoms with Gasteiger partial charge in [-0.2, -0.15) is 0 Å². The lowest BCUT2D eigenvalue weighted by Crippen LogP contribution is -2.50. The van der Waals surface area contributed by atoms with Crippen LogP contribution in [-0.4, -0.2) is 168 Å². The summed E-state index contributed by atoms with van der Waals surface area (Å²) in [5.41, 5.74) is -2.67. The van der Waals surface area contributed by atoms with Crippen molar-refractivity contribution in [1.82, 2.24) is 0 Å². The Hall–Kier alpha value is -2.11. The SMILES string of the molecule is O=C(O)CC[C@@](CC(=O)O)(O[C@H]1O[C@H](CO)[C@@H](O[C@H]2O[C@H](CO)[C@@H](O)[C@H]2O[C@H]2O[C@H](CO)[C@@H](O)[C@H]2O)[C@H]1O)C(=O)O. The zero-order valence-corrected chi connectivity index (χ0v) is 21.3. The molecule has 0 aromatic rings. The molecule has 0 aromatic carbocycles. The first-order chi connectivity index (χ1) is 19.3. The van der Waals surface area contributed by atoms with Crippen LogP contribution < -0.4 is 0 Å². The lowest BCUT2D eigenvalue weighted by atomic mass is 9.93. The number of hydrogen-bond acceptors (Lipinski definition) is 16. The molecule has 3 rings (SSSR count). The average molecular weight is 602 g/mol. The maximum Gasteiger partial charge on any atom is 0.336 e. The van der Waals surface area contributed by atoms with E-state index in [9.17, 15) is 60.3 Å². The molecule has 0 spiro atoms. The molecular weight excluding hydrogens is 568 g/mol. The number of carboxylic acids is 3. The Morgan fingerprint density at radius 3 is 1.68 bits per heavy atom. The van der Waals surface area contributed by atoms with E-state index >= 15 is 0 Å². The molecule has 3 aliphatic heterocycles. The molecule has 3 saturated heterocycles. The van der Waals surface area contributed by atoms with Crippen LogP contribution in [0.5, 0.6) is 0 Å². The van der Waals surface area contributed by atoms with E-state index in [1.165, 1.54) is 0 Å². The van der Waals surface area contributed by atoms with Crippen molar-refractivity contribution < 1.29 is 93.9 Å².